The molecule has 0 aromatic heterocycles. The molecule has 0 spiro atoms. The van der Waals surface area contributed by atoms with Crippen LogP contribution in [0.2, 0.25) is 5.02 Å². The van der Waals surface area contributed by atoms with Gasteiger partial charge in [0.25, 0.3) is 5.91 Å². The third kappa shape index (κ3) is 2.88. The van der Waals surface area contributed by atoms with Crippen LogP contribution >= 0.6 is 11.6 Å². The predicted molar refractivity (Wildman–Crippen MR) is 79.7 cm³/mol. The van der Waals surface area contributed by atoms with Crippen molar-refractivity contribution in [2.45, 2.75) is 6.92 Å². The molecule has 2 aromatic rings. The number of para-hydroxylation sites is 1. The fourth-order valence-electron chi connectivity index (χ4n) is 1.91. The first-order valence-electron chi connectivity index (χ1n) is 6.05. The molecule has 2 aromatic carbocycles. The van der Waals surface area contributed by atoms with E-state index in [1.54, 1.807) is 23.1 Å². The number of anilines is 2. The molecule has 19 heavy (non-hydrogen) atoms. The molecular weight excluding hydrogens is 260 g/mol. The van der Waals surface area contributed by atoms with E-state index in [4.69, 9.17) is 17.3 Å². The minimum absolute atomic E-state index is 0.145. The minimum Gasteiger partial charge on any atom is -0.398 e. The Bertz CT molecular complexity index is 584. The number of rotatable bonds is 3. The number of carbonyl (C=O) groups is 1. The molecule has 0 aliphatic carbocycles. The van der Waals surface area contributed by atoms with Crippen LogP contribution in [0.3, 0.4) is 0 Å². The fourth-order valence-corrected chi connectivity index (χ4v) is 2.08. The standard InChI is InChI=1S/C15H15ClN2O/c1-2-18(12-6-4-3-5-7-12)15(19)13-10-11(16)8-9-14(13)17/h3-10H,2,17H2,1H3. The molecular formula is C15H15ClN2O. The van der Waals surface area contributed by atoms with Gasteiger partial charge in [-0.2, -0.15) is 0 Å². The third-order valence-corrected chi connectivity index (χ3v) is 3.11. The average molecular weight is 275 g/mol. The molecule has 0 aliphatic heterocycles. The first-order chi connectivity index (χ1) is 9.13. The van der Waals surface area contributed by atoms with Crippen molar-refractivity contribution in [2.24, 2.45) is 0 Å². The van der Waals surface area contributed by atoms with Gasteiger partial charge in [0.1, 0.15) is 0 Å². The molecule has 0 saturated heterocycles. The lowest BCUT2D eigenvalue weighted by Gasteiger charge is -2.21. The summed E-state index contributed by atoms with van der Waals surface area (Å²) in [4.78, 5) is 14.2. The largest absolute Gasteiger partial charge is 0.398 e. The highest BCUT2D eigenvalue weighted by molar-refractivity contribution is 6.31. The van der Waals surface area contributed by atoms with Crippen molar-refractivity contribution in [3.05, 3.63) is 59.1 Å². The van der Waals surface area contributed by atoms with Crippen LogP contribution in [0.15, 0.2) is 48.5 Å². The maximum atomic E-state index is 12.5. The number of nitrogens with two attached hydrogens (primary N) is 1. The number of carbonyl (C=O) groups excluding carboxylic acids is 1. The highest BCUT2D eigenvalue weighted by Gasteiger charge is 2.18. The quantitative estimate of drug-likeness (QED) is 0.870. The molecule has 2 N–H and O–H groups in total. The molecule has 0 radical (unpaired) electrons. The van der Waals surface area contributed by atoms with Crippen molar-refractivity contribution >= 4 is 28.9 Å². The van der Waals surface area contributed by atoms with E-state index in [1.165, 1.54) is 0 Å². The van der Waals surface area contributed by atoms with E-state index in [0.717, 1.165) is 5.69 Å². The summed E-state index contributed by atoms with van der Waals surface area (Å²) in [7, 11) is 0. The topological polar surface area (TPSA) is 46.3 Å². The molecule has 0 saturated carbocycles. The second-order valence-electron chi connectivity index (χ2n) is 4.12. The number of benzene rings is 2. The van der Waals surface area contributed by atoms with E-state index < -0.39 is 0 Å². The number of nitrogens with zero attached hydrogens (tertiary/aromatic N) is 1. The Morgan fingerprint density at radius 2 is 1.89 bits per heavy atom. The van der Waals surface area contributed by atoms with Crippen molar-refractivity contribution in [1.29, 1.82) is 0 Å². The second-order valence-corrected chi connectivity index (χ2v) is 4.55. The van der Waals surface area contributed by atoms with Crippen molar-refractivity contribution in [1.82, 2.24) is 0 Å². The number of halogens is 1. The maximum Gasteiger partial charge on any atom is 0.260 e. The monoisotopic (exact) mass is 274 g/mol. The van der Waals surface area contributed by atoms with Gasteiger partial charge in [-0.1, -0.05) is 29.8 Å². The first kappa shape index (κ1) is 13.4. The van der Waals surface area contributed by atoms with Gasteiger partial charge in [-0.25, -0.2) is 0 Å². The summed E-state index contributed by atoms with van der Waals surface area (Å²) in [5.74, 6) is -0.145. The zero-order valence-corrected chi connectivity index (χ0v) is 11.4. The van der Waals surface area contributed by atoms with Crippen molar-refractivity contribution in [2.75, 3.05) is 17.2 Å². The molecule has 0 atom stereocenters. The van der Waals surface area contributed by atoms with Gasteiger partial charge < -0.3 is 10.6 Å². The highest BCUT2D eigenvalue weighted by atomic mass is 35.5. The van der Waals surface area contributed by atoms with E-state index in [1.807, 2.05) is 37.3 Å². The van der Waals surface area contributed by atoms with E-state index >= 15 is 0 Å². The summed E-state index contributed by atoms with van der Waals surface area (Å²) < 4.78 is 0. The summed E-state index contributed by atoms with van der Waals surface area (Å²) in [5.41, 5.74) is 7.56. The summed E-state index contributed by atoms with van der Waals surface area (Å²) in [6, 6.07) is 14.4. The van der Waals surface area contributed by atoms with Crippen LogP contribution in [0.5, 0.6) is 0 Å². The van der Waals surface area contributed by atoms with Gasteiger partial charge in [0.05, 0.1) is 5.56 Å². The Morgan fingerprint density at radius 3 is 2.53 bits per heavy atom. The summed E-state index contributed by atoms with van der Waals surface area (Å²) in [6.45, 7) is 2.49. The summed E-state index contributed by atoms with van der Waals surface area (Å²) >= 11 is 5.93. The Hall–Kier alpha value is -2.00. The predicted octanol–water partition coefficient (Wildman–Crippen LogP) is 3.59. The smallest absolute Gasteiger partial charge is 0.260 e. The molecule has 0 heterocycles. The molecule has 1 amide bonds. The Balaban J connectivity index is 2.39. The Morgan fingerprint density at radius 1 is 1.21 bits per heavy atom. The van der Waals surface area contributed by atoms with Crippen LogP contribution in [-0.4, -0.2) is 12.5 Å². The molecule has 3 nitrogen and oxygen atoms in total. The van der Waals surface area contributed by atoms with Gasteiger partial charge >= 0.3 is 0 Å². The van der Waals surface area contributed by atoms with Crippen molar-refractivity contribution in [3.8, 4) is 0 Å². The van der Waals surface area contributed by atoms with Crippen LogP contribution in [0.25, 0.3) is 0 Å². The first-order valence-corrected chi connectivity index (χ1v) is 6.43. The lowest BCUT2D eigenvalue weighted by Crippen LogP contribution is -2.31. The SMILES string of the molecule is CCN(C(=O)c1cc(Cl)ccc1N)c1ccccc1. The van der Waals surface area contributed by atoms with Gasteiger partial charge in [-0.3, -0.25) is 4.79 Å². The number of amides is 1. The molecule has 2 rings (SSSR count). The molecule has 0 fully saturated rings. The van der Waals surface area contributed by atoms with Crippen LogP contribution < -0.4 is 10.6 Å². The van der Waals surface area contributed by atoms with Gasteiger partial charge in [0, 0.05) is 22.9 Å². The van der Waals surface area contributed by atoms with Crippen molar-refractivity contribution < 1.29 is 4.79 Å². The number of nitrogen functional groups attached to an aromatic ring is 1. The fraction of sp³-hybridized carbons (Fsp3) is 0.133. The number of hydrogen-bond acceptors (Lipinski definition) is 2. The van der Waals surface area contributed by atoms with Gasteiger partial charge in [-0.05, 0) is 37.3 Å². The lowest BCUT2D eigenvalue weighted by molar-refractivity contribution is 0.0989. The van der Waals surface area contributed by atoms with E-state index in [9.17, 15) is 4.79 Å². The van der Waals surface area contributed by atoms with E-state index in [-0.39, 0.29) is 5.91 Å². The summed E-state index contributed by atoms with van der Waals surface area (Å²) in [6.07, 6.45) is 0. The molecule has 0 aliphatic rings. The molecule has 98 valence electrons. The van der Waals surface area contributed by atoms with Crippen LogP contribution in [0, 0.1) is 0 Å². The Kier molecular flexibility index (Phi) is 4.07. The van der Waals surface area contributed by atoms with Gasteiger partial charge in [0.15, 0.2) is 0 Å². The molecule has 4 heteroatoms. The zero-order chi connectivity index (χ0) is 13.8. The van der Waals surface area contributed by atoms with Crippen LogP contribution in [0.1, 0.15) is 17.3 Å². The lowest BCUT2D eigenvalue weighted by atomic mass is 10.1. The number of hydrogen-bond donors (Lipinski definition) is 1. The minimum atomic E-state index is -0.145. The Labute approximate surface area is 117 Å². The summed E-state index contributed by atoms with van der Waals surface area (Å²) in [5, 5.41) is 0.502. The zero-order valence-electron chi connectivity index (χ0n) is 10.6. The van der Waals surface area contributed by atoms with Crippen molar-refractivity contribution in [3.63, 3.8) is 0 Å². The van der Waals surface area contributed by atoms with E-state index in [2.05, 4.69) is 0 Å². The van der Waals surface area contributed by atoms with E-state index in [0.29, 0.717) is 22.8 Å². The van der Waals surface area contributed by atoms with Gasteiger partial charge in [-0.15, -0.1) is 0 Å². The average Bonchev–Trinajstić information content (AvgIpc) is 2.43. The van der Waals surface area contributed by atoms with Crippen LogP contribution in [-0.2, 0) is 0 Å². The second kappa shape index (κ2) is 5.76. The van der Waals surface area contributed by atoms with Gasteiger partial charge in [0.2, 0.25) is 0 Å². The third-order valence-electron chi connectivity index (χ3n) is 2.87. The molecule has 0 unspecified atom stereocenters. The highest BCUT2D eigenvalue weighted by Crippen LogP contribution is 2.22. The maximum absolute atomic E-state index is 12.5. The van der Waals surface area contributed by atoms with Crippen LogP contribution in [0.4, 0.5) is 11.4 Å². The molecule has 0 bridgehead atoms. The normalized spacial score (nSPS) is 10.2.